The van der Waals surface area contributed by atoms with Crippen molar-refractivity contribution in [3.05, 3.63) is 65.4 Å². The standard InChI is InChI=1S/C23H23F2N3O3/c1-3-26-10-12-27(13-11-26)21-20(15-4-7-17(31-2)8-5-15)22(29)28(23(21)30)16-6-9-18(24)19(25)14-16/h4-9,14H,3,10-13H2,1-2H3. The van der Waals surface area contributed by atoms with Crippen LogP contribution in [0, 0.1) is 11.6 Å². The van der Waals surface area contributed by atoms with Crippen LogP contribution in [0.1, 0.15) is 12.5 Å². The number of amides is 2. The van der Waals surface area contributed by atoms with Crippen molar-refractivity contribution in [2.24, 2.45) is 0 Å². The fourth-order valence-corrected chi connectivity index (χ4v) is 3.98. The number of likely N-dealkylation sites (N-methyl/N-ethyl adjacent to an activating group) is 1. The highest BCUT2D eigenvalue weighted by molar-refractivity contribution is 6.45. The number of hydrogen-bond donors (Lipinski definition) is 0. The number of methoxy groups -OCH3 is 1. The molecule has 2 aromatic rings. The van der Waals surface area contributed by atoms with Crippen LogP contribution in [0.3, 0.4) is 0 Å². The average Bonchev–Trinajstić information content (AvgIpc) is 3.05. The highest BCUT2D eigenvalue weighted by atomic mass is 19.2. The Morgan fingerprint density at radius 3 is 2.16 bits per heavy atom. The zero-order chi connectivity index (χ0) is 22.1. The van der Waals surface area contributed by atoms with Crippen LogP contribution in [0.5, 0.6) is 5.75 Å². The van der Waals surface area contributed by atoms with Gasteiger partial charge in [0.15, 0.2) is 11.6 Å². The molecule has 0 aromatic heterocycles. The molecule has 4 rings (SSSR count). The summed E-state index contributed by atoms with van der Waals surface area (Å²) < 4.78 is 32.5. The molecule has 0 bridgehead atoms. The van der Waals surface area contributed by atoms with Gasteiger partial charge in [-0.2, -0.15) is 0 Å². The lowest BCUT2D eigenvalue weighted by Gasteiger charge is -2.36. The number of piperazine rings is 1. The maximum absolute atomic E-state index is 13.9. The van der Waals surface area contributed by atoms with E-state index in [-0.39, 0.29) is 17.0 Å². The Kier molecular flexibility index (Phi) is 5.73. The molecule has 2 amide bonds. The van der Waals surface area contributed by atoms with E-state index in [0.29, 0.717) is 24.4 Å². The first-order valence-corrected chi connectivity index (χ1v) is 10.1. The van der Waals surface area contributed by atoms with E-state index in [0.717, 1.165) is 36.7 Å². The van der Waals surface area contributed by atoms with Gasteiger partial charge in [-0.05, 0) is 36.4 Å². The molecule has 6 nitrogen and oxygen atoms in total. The number of benzene rings is 2. The van der Waals surface area contributed by atoms with Gasteiger partial charge in [0.25, 0.3) is 11.8 Å². The molecule has 0 spiro atoms. The van der Waals surface area contributed by atoms with Gasteiger partial charge in [-0.25, -0.2) is 13.7 Å². The summed E-state index contributed by atoms with van der Waals surface area (Å²) in [7, 11) is 1.54. The van der Waals surface area contributed by atoms with E-state index in [1.165, 1.54) is 6.07 Å². The normalized spacial score (nSPS) is 17.7. The number of carbonyl (C=O) groups excluding carboxylic acids is 2. The lowest BCUT2D eigenvalue weighted by atomic mass is 10.0. The molecule has 2 aliphatic rings. The maximum atomic E-state index is 13.9. The Hall–Kier alpha value is -3.26. The molecule has 0 aliphatic carbocycles. The van der Waals surface area contributed by atoms with Crippen LogP contribution in [-0.2, 0) is 9.59 Å². The monoisotopic (exact) mass is 427 g/mol. The first-order valence-electron chi connectivity index (χ1n) is 10.1. The zero-order valence-corrected chi connectivity index (χ0v) is 17.4. The summed E-state index contributed by atoms with van der Waals surface area (Å²) in [6, 6.07) is 9.88. The van der Waals surface area contributed by atoms with Crippen molar-refractivity contribution in [2.45, 2.75) is 6.92 Å². The third-order valence-corrected chi connectivity index (χ3v) is 5.74. The quantitative estimate of drug-likeness (QED) is 0.687. The first kappa shape index (κ1) is 21.0. The number of imide groups is 1. The van der Waals surface area contributed by atoms with Crippen LogP contribution in [0.2, 0.25) is 0 Å². The molecule has 1 saturated heterocycles. The highest BCUT2D eigenvalue weighted by Crippen LogP contribution is 2.36. The molecule has 0 unspecified atom stereocenters. The van der Waals surface area contributed by atoms with Crippen molar-refractivity contribution in [3.63, 3.8) is 0 Å². The number of carbonyl (C=O) groups is 2. The molecule has 2 aliphatic heterocycles. The smallest absolute Gasteiger partial charge is 0.282 e. The second kappa shape index (κ2) is 8.47. The summed E-state index contributed by atoms with van der Waals surface area (Å²) in [6.45, 7) is 5.70. The van der Waals surface area contributed by atoms with Crippen LogP contribution in [0.4, 0.5) is 14.5 Å². The minimum Gasteiger partial charge on any atom is -0.497 e. The van der Waals surface area contributed by atoms with E-state index in [4.69, 9.17) is 4.74 Å². The van der Waals surface area contributed by atoms with Crippen LogP contribution < -0.4 is 9.64 Å². The van der Waals surface area contributed by atoms with Gasteiger partial charge < -0.3 is 14.5 Å². The minimum absolute atomic E-state index is 0.00195. The Morgan fingerprint density at radius 1 is 0.903 bits per heavy atom. The molecule has 0 saturated carbocycles. The van der Waals surface area contributed by atoms with Gasteiger partial charge in [-0.1, -0.05) is 19.1 Å². The second-order valence-electron chi connectivity index (χ2n) is 7.42. The van der Waals surface area contributed by atoms with E-state index in [9.17, 15) is 18.4 Å². The van der Waals surface area contributed by atoms with Crippen LogP contribution >= 0.6 is 0 Å². The van der Waals surface area contributed by atoms with Crippen molar-refractivity contribution in [1.29, 1.82) is 0 Å². The molecule has 0 radical (unpaired) electrons. The number of nitrogens with zero attached hydrogens (tertiary/aromatic N) is 3. The lowest BCUT2D eigenvalue weighted by molar-refractivity contribution is -0.120. The number of anilines is 1. The van der Waals surface area contributed by atoms with E-state index >= 15 is 0 Å². The van der Waals surface area contributed by atoms with E-state index in [2.05, 4.69) is 11.8 Å². The van der Waals surface area contributed by atoms with Crippen LogP contribution in [0.15, 0.2) is 48.2 Å². The predicted molar refractivity (Wildman–Crippen MR) is 112 cm³/mol. The lowest BCUT2D eigenvalue weighted by Crippen LogP contribution is -2.47. The summed E-state index contributed by atoms with van der Waals surface area (Å²) in [5.74, 6) is -2.63. The summed E-state index contributed by atoms with van der Waals surface area (Å²) in [5.41, 5.74) is 1.11. The molecule has 0 atom stereocenters. The van der Waals surface area contributed by atoms with Gasteiger partial charge in [0.1, 0.15) is 11.4 Å². The summed E-state index contributed by atoms with van der Waals surface area (Å²) in [4.78, 5) is 31.9. The summed E-state index contributed by atoms with van der Waals surface area (Å²) in [5, 5.41) is 0. The highest BCUT2D eigenvalue weighted by Gasteiger charge is 2.43. The van der Waals surface area contributed by atoms with Crippen molar-refractivity contribution < 1.29 is 23.1 Å². The van der Waals surface area contributed by atoms with Crippen molar-refractivity contribution in [2.75, 3.05) is 44.7 Å². The Bertz CT molecular complexity index is 1040. The molecule has 1 fully saturated rings. The van der Waals surface area contributed by atoms with Gasteiger partial charge in [-0.15, -0.1) is 0 Å². The first-order chi connectivity index (χ1) is 14.9. The van der Waals surface area contributed by atoms with Gasteiger partial charge in [-0.3, -0.25) is 9.59 Å². The van der Waals surface area contributed by atoms with E-state index in [1.54, 1.807) is 31.4 Å². The van der Waals surface area contributed by atoms with Gasteiger partial charge in [0, 0.05) is 32.2 Å². The molecule has 8 heteroatoms. The van der Waals surface area contributed by atoms with E-state index < -0.39 is 23.4 Å². The van der Waals surface area contributed by atoms with Crippen molar-refractivity contribution in [1.82, 2.24) is 9.80 Å². The van der Waals surface area contributed by atoms with Gasteiger partial charge in [0.2, 0.25) is 0 Å². The van der Waals surface area contributed by atoms with Crippen LogP contribution in [0.25, 0.3) is 5.57 Å². The molecule has 31 heavy (non-hydrogen) atoms. The Balaban J connectivity index is 1.77. The molecule has 162 valence electrons. The second-order valence-corrected chi connectivity index (χ2v) is 7.42. The SMILES string of the molecule is CCN1CCN(C2=C(c3ccc(OC)cc3)C(=O)N(c3ccc(F)c(F)c3)C2=O)CC1. The third-order valence-electron chi connectivity index (χ3n) is 5.74. The molecule has 2 aromatic carbocycles. The van der Waals surface area contributed by atoms with Crippen molar-refractivity contribution >= 4 is 23.1 Å². The Morgan fingerprint density at radius 2 is 1.58 bits per heavy atom. The fourth-order valence-electron chi connectivity index (χ4n) is 3.98. The molecular formula is C23H23F2N3O3. The predicted octanol–water partition coefficient (Wildman–Crippen LogP) is 2.90. The number of rotatable bonds is 5. The zero-order valence-electron chi connectivity index (χ0n) is 17.4. The topological polar surface area (TPSA) is 53.1 Å². The third kappa shape index (κ3) is 3.79. The van der Waals surface area contributed by atoms with E-state index in [1.807, 2.05) is 4.90 Å². The average molecular weight is 427 g/mol. The summed E-state index contributed by atoms with van der Waals surface area (Å²) >= 11 is 0. The van der Waals surface area contributed by atoms with Crippen LogP contribution in [-0.4, -0.2) is 61.4 Å². The molecule has 2 heterocycles. The fraction of sp³-hybridized carbons (Fsp3) is 0.304. The van der Waals surface area contributed by atoms with Crippen molar-refractivity contribution in [3.8, 4) is 5.75 Å². The largest absolute Gasteiger partial charge is 0.497 e. The number of ether oxygens (including phenoxy) is 1. The molecular weight excluding hydrogens is 404 g/mol. The number of hydrogen-bond acceptors (Lipinski definition) is 5. The maximum Gasteiger partial charge on any atom is 0.282 e. The Labute approximate surface area is 179 Å². The van der Waals surface area contributed by atoms with Gasteiger partial charge >= 0.3 is 0 Å². The van der Waals surface area contributed by atoms with Gasteiger partial charge in [0.05, 0.1) is 18.4 Å². The number of halogens is 2. The molecule has 0 N–H and O–H groups in total. The minimum atomic E-state index is -1.12. The summed E-state index contributed by atoms with van der Waals surface area (Å²) in [6.07, 6.45) is 0.